The fraction of sp³-hybridized carbons (Fsp3) is 0.524. The van der Waals surface area contributed by atoms with Crippen LogP contribution in [0.25, 0.3) is 0 Å². The van der Waals surface area contributed by atoms with Crippen molar-refractivity contribution in [2.24, 2.45) is 0 Å². The molecule has 1 N–H and O–H groups in total. The van der Waals surface area contributed by atoms with Crippen LogP contribution >= 0.6 is 0 Å². The molecule has 1 amide bonds. The number of ether oxygens (including phenoxy) is 1. The Morgan fingerprint density at radius 2 is 2.07 bits per heavy atom. The van der Waals surface area contributed by atoms with Gasteiger partial charge in [-0.05, 0) is 50.1 Å². The Balaban J connectivity index is 1.64. The lowest BCUT2D eigenvalue weighted by Crippen LogP contribution is -2.51. The summed E-state index contributed by atoms with van der Waals surface area (Å²) in [5.41, 5.74) is 0.318. The van der Waals surface area contributed by atoms with E-state index in [9.17, 15) is 22.8 Å². The maximum absolute atomic E-state index is 13.4. The number of nitrogens with zero attached hydrogens (tertiary/aromatic N) is 1. The number of hydrogen-bond donors (Lipinski definition) is 1. The van der Waals surface area contributed by atoms with Crippen LogP contribution in [0.15, 0.2) is 29.3 Å². The molecule has 0 saturated carbocycles. The zero-order chi connectivity index (χ0) is 21.0. The maximum Gasteiger partial charge on any atom is 0.416 e. The SMILES string of the molecule is CC1=C(C(=O)N2CCc3ccc(C(F)(F)F)cc3C2)C2(CCNC(C)C2)OC1=O. The highest BCUT2D eigenvalue weighted by molar-refractivity contribution is 6.07. The highest BCUT2D eigenvalue weighted by Crippen LogP contribution is 2.42. The summed E-state index contributed by atoms with van der Waals surface area (Å²) in [5, 5.41) is 3.29. The van der Waals surface area contributed by atoms with Crippen LogP contribution in [-0.2, 0) is 33.5 Å². The number of alkyl halides is 3. The van der Waals surface area contributed by atoms with Crippen LogP contribution in [0.2, 0.25) is 0 Å². The average Bonchev–Trinajstić information content (AvgIpc) is 2.88. The van der Waals surface area contributed by atoms with Crippen LogP contribution in [0, 0.1) is 0 Å². The van der Waals surface area contributed by atoms with Gasteiger partial charge in [0.25, 0.3) is 5.91 Å². The van der Waals surface area contributed by atoms with E-state index in [4.69, 9.17) is 4.74 Å². The first-order valence-corrected chi connectivity index (χ1v) is 9.77. The van der Waals surface area contributed by atoms with E-state index in [1.54, 1.807) is 6.92 Å². The van der Waals surface area contributed by atoms with Crippen molar-refractivity contribution in [3.05, 3.63) is 46.0 Å². The molecular weight excluding hydrogens is 385 g/mol. The fourth-order valence-corrected chi connectivity index (χ4v) is 4.68. The van der Waals surface area contributed by atoms with Gasteiger partial charge in [-0.25, -0.2) is 4.79 Å². The van der Waals surface area contributed by atoms with Crippen molar-refractivity contribution in [3.63, 3.8) is 0 Å². The third kappa shape index (κ3) is 3.43. The molecule has 3 aliphatic heterocycles. The third-order valence-corrected chi connectivity index (χ3v) is 6.13. The van der Waals surface area contributed by atoms with E-state index in [0.717, 1.165) is 17.7 Å². The first-order valence-electron chi connectivity index (χ1n) is 9.77. The molecule has 1 saturated heterocycles. The number of carbonyl (C=O) groups excluding carboxylic acids is 2. The van der Waals surface area contributed by atoms with E-state index in [1.165, 1.54) is 11.0 Å². The molecule has 0 bridgehead atoms. The van der Waals surface area contributed by atoms with Gasteiger partial charge in [-0.15, -0.1) is 0 Å². The molecule has 2 unspecified atom stereocenters. The monoisotopic (exact) mass is 408 g/mol. The topological polar surface area (TPSA) is 58.6 Å². The Kier molecular flexibility index (Phi) is 4.72. The maximum atomic E-state index is 13.4. The second kappa shape index (κ2) is 6.86. The van der Waals surface area contributed by atoms with E-state index in [2.05, 4.69) is 5.32 Å². The zero-order valence-electron chi connectivity index (χ0n) is 16.4. The minimum absolute atomic E-state index is 0.0849. The number of fused-ring (bicyclic) bond motifs is 1. The van der Waals surface area contributed by atoms with Crippen LogP contribution in [0.5, 0.6) is 0 Å². The highest BCUT2D eigenvalue weighted by atomic mass is 19.4. The summed E-state index contributed by atoms with van der Waals surface area (Å²) in [6, 6.07) is 3.77. The zero-order valence-corrected chi connectivity index (χ0v) is 16.4. The van der Waals surface area contributed by atoms with Crippen LogP contribution in [0.1, 0.15) is 43.4 Å². The lowest BCUT2D eigenvalue weighted by atomic mass is 9.80. The number of nitrogens with one attached hydrogen (secondary N) is 1. The van der Waals surface area contributed by atoms with Gasteiger partial charge < -0.3 is 15.0 Å². The van der Waals surface area contributed by atoms with Crippen molar-refractivity contribution in [1.82, 2.24) is 10.2 Å². The Morgan fingerprint density at radius 3 is 2.76 bits per heavy atom. The molecule has 0 radical (unpaired) electrons. The second-order valence-corrected chi connectivity index (χ2v) is 8.15. The van der Waals surface area contributed by atoms with Gasteiger partial charge in [0.05, 0.1) is 11.1 Å². The third-order valence-electron chi connectivity index (χ3n) is 6.13. The quantitative estimate of drug-likeness (QED) is 0.726. The predicted octanol–water partition coefficient (Wildman–Crippen LogP) is 2.97. The molecule has 29 heavy (non-hydrogen) atoms. The minimum atomic E-state index is -4.43. The van der Waals surface area contributed by atoms with Gasteiger partial charge >= 0.3 is 12.1 Å². The molecule has 3 aliphatic rings. The van der Waals surface area contributed by atoms with E-state index in [0.29, 0.717) is 49.1 Å². The first-order chi connectivity index (χ1) is 13.6. The highest BCUT2D eigenvalue weighted by Gasteiger charge is 2.52. The molecule has 3 heterocycles. The van der Waals surface area contributed by atoms with Crippen LogP contribution in [0.3, 0.4) is 0 Å². The Labute approximate surface area is 166 Å². The summed E-state index contributed by atoms with van der Waals surface area (Å²) >= 11 is 0. The molecule has 0 aliphatic carbocycles. The molecule has 1 fully saturated rings. The van der Waals surface area contributed by atoms with Crippen molar-refractivity contribution < 1.29 is 27.5 Å². The number of esters is 1. The number of hydrogen-bond acceptors (Lipinski definition) is 4. The van der Waals surface area contributed by atoms with Gasteiger partial charge in [-0.2, -0.15) is 13.2 Å². The van der Waals surface area contributed by atoms with E-state index in [-0.39, 0.29) is 18.5 Å². The summed E-state index contributed by atoms with van der Waals surface area (Å²) in [6.07, 6.45) is -2.95. The molecule has 2 atom stereocenters. The van der Waals surface area contributed by atoms with E-state index in [1.807, 2.05) is 6.92 Å². The molecule has 0 aromatic heterocycles. The largest absolute Gasteiger partial charge is 0.450 e. The molecule has 1 spiro atoms. The number of benzene rings is 1. The van der Waals surface area contributed by atoms with Crippen molar-refractivity contribution in [3.8, 4) is 0 Å². The van der Waals surface area contributed by atoms with Gasteiger partial charge in [0.2, 0.25) is 0 Å². The van der Waals surface area contributed by atoms with E-state index < -0.39 is 23.3 Å². The van der Waals surface area contributed by atoms with Crippen molar-refractivity contribution in [1.29, 1.82) is 0 Å². The Hall–Kier alpha value is -2.35. The number of rotatable bonds is 1. The molecule has 1 aromatic rings. The molecule has 5 nitrogen and oxygen atoms in total. The van der Waals surface area contributed by atoms with E-state index >= 15 is 0 Å². The standard InChI is InChI=1S/C21H23F3N2O3/c1-12-10-20(6-7-25-12)17(13(2)19(28)29-20)18(27)26-8-5-14-3-4-16(21(22,23)24)9-15(14)11-26/h3-4,9,12,25H,5-8,10-11H2,1-2H3. The number of piperidine rings is 1. The molecule has 4 rings (SSSR count). The number of halogens is 3. The molecule has 156 valence electrons. The number of amides is 1. The summed E-state index contributed by atoms with van der Waals surface area (Å²) < 4.78 is 44.9. The van der Waals surface area contributed by atoms with Crippen LogP contribution in [0.4, 0.5) is 13.2 Å². The van der Waals surface area contributed by atoms with Gasteiger partial charge in [-0.1, -0.05) is 6.07 Å². The molecule has 8 heteroatoms. The summed E-state index contributed by atoms with van der Waals surface area (Å²) in [6.45, 7) is 4.67. The smallest absolute Gasteiger partial charge is 0.416 e. The fourth-order valence-electron chi connectivity index (χ4n) is 4.68. The number of carbonyl (C=O) groups is 2. The van der Waals surface area contributed by atoms with Gasteiger partial charge in [0.15, 0.2) is 0 Å². The van der Waals surface area contributed by atoms with Gasteiger partial charge in [-0.3, -0.25) is 4.79 Å². The van der Waals surface area contributed by atoms with Crippen LogP contribution in [-0.4, -0.2) is 41.5 Å². The molecular formula is C21H23F3N2O3. The van der Waals surface area contributed by atoms with Crippen molar-refractivity contribution >= 4 is 11.9 Å². The predicted molar refractivity (Wildman–Crippen MR) is 98.8 cm³/mol. The van der Waals surface area contributed by atoms with Gasteiger partial charge in [0.1, 0.15) is 5.60 Å². The molecule has 1 aromatic carbocycles. The second-order valence-electron chi connectivity index (χ2n) is 8.15. The normalized spacial score (nSPS) is 27.3. The Morgan fingerprint density at radius 1 is 1.31 bits per heavy atom. The summed E-state index contributed by atoms with van der Waals surface area (Å²) in [7, 11) is 0. The van der Waals surface area contributed by atoms with Gasteiger partial charge in [0, 0.05) is 37.5 Å². The lowest BCUT2D eigenvalue weighted by molar-refractivity contribution is -0.150. The lowest BCUT2D eigenvalue weighted by Gasteiger charge is -2.39. The Bertz CT molecular complexity index is 909. The minimum Gasteiger partial charge on any atom is -0.450 e. The van der Waals surface area contributed by atoms with Crippen molar-refractivity contribution in [2.75, 3.05) is 13.1 Å². The van der Waals surface area contributed by atoms with Crippen molar-refractivity contribution in [2.45, 2.75) is 57.5 Å². The summed E-state index contributed by atoms with van der Waals surface area (Å²) in [5.74, 6) is -0.801. The first kappa shape index (κ1) is 19.9. The summed E-state index contributed by atoms with van der Waals surface area (Å²) in [4.78, 5) is 27.3. The van der Waals surface area contributed by atoms with Crippen LogP contribution < -0.4 is 5.32 Å². The average molecular weight is 408 g/mol.